The van der Waals surface area contributed by atoms with E-state index in [0.29, 0.717) is 30.6 Å². The van der Waals surface area contributed by atoms with Gasteiger partial charge in [0.25, 0.3) is 10.0 Å². The van der Waals surface area contributed by atoms with Crippen LogP contribution in [0.15, 0.2) is 59.6 Å². The Morgan fingerprint density at radius 1 is 1.07 bits per heavy atom. The van der Waals surface area contributed by atoms with Gasteiger partial charge in [-0.05, 0) is 62.9 Å². The normalized spacial score (nSPS) is 19.9. The lowest BCUT2D eigenvalue weighted by atomic mass is 9.85. The number of piperidine rings is 1. The van der Waals surface area contributed by atoms with E-state index in [9.17, 15) is 31.5 Å². The second-order valence-corrected chi connectivity index (χ2v) is 11.7. The van der Waals surface area contributed by atoms with Gasteiger partial charge in [-0.15, -0.1) is 0 Å². The molecular weight excluding hydrogens is 545 g/mol. The molecule has 3 unspecified atom stereocenters. The first-order valence-corrected chi connectivity index (χ1v) is 14.5. The number of aryl methyl sites for hydroxylation is 1. The summed E-state index contributed by atoms with van der Waals surface area (Å²) in [5.74, 6) is -1.24. The number of alkyl halides is 3. The lowest BCUT2D eigenvalue weighted by molar-refractivity contribution is -0.143. The number of halogens is 3. The van der Waals surface area contributed by atoms with Crippen LogP contribution in [0.25, 0.3) is 11.3 Å². The van der Waals surface area contributed by atoms with Crippen molar-refractivity contribution in [3.63, 3.8) is 0 Å². The van der Waals surface area contributed by atoms with E-state index >= 15 is 0 Å². The Labute approximate surface area is 231 Å². The molecule has 3 aromatic rings. The number of carboxylic acids is 1. The van der Waals surface area contributed by atoms with Crippen molar-refractivity contribution in [1.82, 2.24) is 9.97 Å². The van der Waals surface area contributed by atoms with Crippen molar-refractivity contribution in [2.75, 3.05) is 9.62 Å². The van der Waals surface area contributed by atoms with Gasteiger partial charge in [0.15, 0.2) is 5.03 Å². The Hall–Kier alpha value is -3.67. The predicted molar refractivity (Wildman–Crippen MR) is 145 cm³/mol. The van der Waals surface area contributed by atoms with Crippen LogP contribution >= 0.6 is 0 Å². The molecule has 12 heteroatoms. The van der Waals surface area contributed by atoms with E-state index in [1.807, 2.05) is 18.7 Å². The van der Waals surface area contributed by atoms with Crippen LogP contribution in [-0.4, -0.2) is 41.5 Å². The van der Waals surface area contributed by atoms with E-state index in [4.69, 9.17) is 0 Å². The molecule has 0 aliphatic carbocycles. The maximum Gasteiger partial charge on any atom is 0.418 e. The molecular formula is C28H31F3N4O4S. The molecule has 0 radical (unpaired) electrons. The van der Waals surface area contributed by atoms with Crippen LogP contribution in [0.1, 0.15) is 50.7 Å². The number of pyridine rings is 2. The van der Waals surface area contributed by atoms with Gasteiger partial charge in [-0.3, -0.25) is 9.52 Å². The predicted octanol–water partition coefficient (Wildman–Crippen LogP) is 6.13. The van der Waals surface area contributed by atoms with Crippen LogP contribution in [0.5, 0.6) is 0 Å². The molecule has 1 fully saturated rings. The molecule has 4 rings (SSSR count). The first kappa shape index (κ1) is 29.3. The fraction of sp³-hybridized carbons (Fsp3) is 0.393. The van der Waals surface area contributed by atoms with E-state index < -0.39 is 33.7 Å². The number of carbonyl (C=O) groups is 1. The van der Waals surface area contributed by atoms with E-state index in [-0.39, 0.29) is 34.2 Å². The third kappa shape index (κ3) is 6.22. The van der Waals surface area contributed by atoms with Crippen LogP contribution < -0.4 is 9.62 Å². The molecule has 0 saturated carbocycles. The summed E-state index contributed by atoms with van der Waals surface area (Å²) in [5, 5.41) is 9.24. The van der Waals surface area contributed by atoms with E-state index in [0.717, 1.165) is 18.6 Å². The Kier molecular flexibility index (Phi) is 8.38. The Bertz CT molecular complexity index is 1500. The highest BCUT2D eigenvalue weighted by molar-refractivity contribution is 7.92. The van der Waals surface area contributed by atoms with Gasteiger partial charge in [0.2, 0.25) is 0 Å². The Balaban J connectivity index is 1.68. The van der Waals surface area contributed by atoms with Gasteiger partial charge >= 0.3 is 12.1 Å². The standard InChI is InChI=1S/C28H31F3N4O4S/c1-4-8-20-16-19(27(36)37)15-18(3)35(20)24-11-7-12-25(33-24)40(38,39)34-23-14-13-22(28(29,30)31)26(32-23)21-10-6-5-9-17(21)2/h5-7,9-14,18-20H,4,8,15-16H2,1-3H3,(H,32,34)(H,36,37). The average Bonchev–Trinajstić information content (AvgIpc) is 2.88. The number of hydrogen-bond acceptors (Lipinski definition) is 6. The molecule has 1 aliphatic heterocycles. The molecule has 2 aromatic heterocycles. The molecule has 0 amide bonds. The van der Waals surface area contributed by atoms with E-state index in [2.05, 4.69) is 14.7 Å². The molecule has 3 atom stereocenters. The average molecular weight is 577 g/mol. The highest BCUT2D eigenvalue weighted by Crippen LogP contribution is 2.38. The number of anilines is 2. The fourth-order valence-corrected chi connectivity index (χ4v) is 6.27. The number of aliphatic carboxylic acids is 1. The maximum atomic E-state index is 13.8. The van der Waals surface area contributed by atoms with Crippen LogP contribution in [-0.2, 0) is 21.0 Å². The van der Waals surface area contributed by atoms with Crippen molar-refractivity contribution in [3.05, 3.63) is 65.7 Å². The van der Waals surface area contributed by atoms with Gasteiger partial charge in [-0.2, -0.15) is 21.6 Å². The third-order valence-electron chi connectivity index (χ3n) is 7.11. The van der Waals surface area contributed by atoms with Gasteiger partial charge in [0.1, 0.15) is 11.6 Å². The van der Waals surface area contributed by atoms with Crippen LogP contribution in [0.4, 0.5) is 24.8 Å². The highest BCUT2D eigenvalue weighted by Gasteiger charge is 2.38. The number of sulfonamides is 1. The van der Waals surface area contributed by atoms with Gasteiger partial charge in [-0.1, -0.05) is 43.7 Å². The minimum Gasteiger partial charge on any atom is -0.481 e. The molecule has 2 N–H and O–H groups in total. The smallest absolute Gasteiger partial charge is 0.418 e. The van der Waals surface area contributed by atoms with Gasteiger partial charge < -0.3 is 10.0 Å². The summed E-state index contributed by atoms with van der Waals surface area (Å²) in [7, 11) is -4.33. The molecule has 8 nitrogen and oxygen atoms in total. The lowest BCUT2D eigenvalue weighted by Crippen LogP contribution is -2.50. The number of benzene rings is 1. The SMILES string of the molecule is CCCC1CC(C(=O)O)CC(C)N1c1cccc(S(=O)(=O)Nc2ccc(C(F)(F)F)c(-c3ccccc3C)n2)n1. The molecule has 214 valence electrons. The molecule has 1 aliphatic rings. The zero-order chi connectivity index (χ0) is 29.2. The summed E-state index contributed by atoms with van der Waals surface area (Å²) < 4.78 is 70.3. The summed E-state index contributed by atoms with van der Waals surface area (Å²) in [6, 6.07) is 12.4. The summed E-state index contributed by atoms with van der Waals surface area (Å²) >= 11 is 0. The summed E-state index contributed by atoms with van der Waals surface area (Å²) in [5.41, 5.74) is -0.579. The van der Waals surface area contributed by atoms with Crippen LogP contribution in [0.2, 0.25) is 0 Å². The number of nitrogens with one attached hydrogen (secondary N) is 1. The maximum absolute atomic E-state index is 13.8. The number of nitrogens with zero attached hydrogens (tertiary/aromatic N) is 3. The zero-order valence-corrected chi connectivity index (χ0v) is 23.1. The minimum atomic E-state index is -4.70. The van der Waals surface area contributed by atoms with Gasteiger partial charge in [0.05, 0.1) is 17.2 Å². The number of carboxylic acid groups (broad SMARTS) is 1. The molecule has 1 saturated heterocycles. The van der Waals surface area contributed by atoms with Crippen LogP contribution in [0.3, 0.4) is 0 Å². The van der Waals surface area contributed by atoms with E-state index in [1.165, 1.54) is 18.2 Å². The molecule has 40 heavy (non-hydrogen) atoms. The summed E-state index contributed by atoms with van der Waals surface area (Å²) in [4.78, 5) is 22.1. The lowest BCUT2D eigenvalue weighted by Gasteiger charge is -2.44. The highest BCUT2D eigenvalue weighted by atomic mass is 32.2. The number of hydrogen-bond donors (Lipinski definition) is 2. The molecule has 1 aromatic carbocycles. The van der Waals surface area contributed by atoms with Crippen molar-refractivity contribution >= 4 is 27.6 Å². The van der Waals surface area contributed by atoms with E-state index in [1.54, 1.807) is 31.2 Å². The Morgan fingerprint density at radius 2 is 1.80 bits per heavy atom. The van der Waals surface area contributed by atoms with Gasteiger partial charge in [-0.25, -0.2) is 9.97 Å². The summed E-state index contributed by atoms with van der Waals surface area (Å²) in [6.07, 6.45) is -2.37. The molecule has 0 spiro atoms. The summed E-state index contributed by atoms with van der Waals surface area (Å²) in [6.45, 7) is 5.53. The monoisotopic (exact) mass is 576 g/mol. The Morgan fingerprint density at radius 3 is 2.45 bits per heavy atom. The largest absolute Gasteiger partial charge is 0.481 e. The number of aromatic nitrogens is 2. The number of rotatable bonds is 8. The minimum absolute atomic E-state index is 0.137. The van der Waals surface area contributed by atoms with Crippen molar-refractivity contribution in [3.8, 4) is 11.3 Å². The first-order chi connectivity index (χ1) is 18.8. The van der Waals surface area contributed by atoms with Gasteiger partial charge in [0, 0.05) is 17.6 Å². The first-order valence-electron chi connectivity index (χ1n) is 13.0. The van der Waals surface area contributed by atoms with Crippen LogP contribution in [0, 0.1) is 12.8 Å². The fourth-order valence-electron chi connectivity index (χ4n) is 5.30. The molecule has 0 bridgehead atoms. The van der Waals surface area contributed by atoms with Crippen molar-refractivity contribution < 1.29 is 31.5 Å². The van der Waals surface area contributed by atoms with Crippen molar-refractivity contribution in [2.24, 2.45) is 5.92 Å². The quantitative estimate of drug-likeness (QED) is 0.332. The third-order valence-corrected chi connectivity index (χ3v) is 8.37. The van der Waals surface area contributed by atoms with Crippen molar-refractivity contribution in [2.45, 2.75) is 69.7 Å². The molecule has 3 heterocycles. The zero-order valence-electron chi connectivity index (χ0n) is 22.3. The topological polar surface area (TPSA) is 112 Å². The second kappa shape index (κ2) is 11.4. The second-order valence-electron chi connectivity index (χ2n) is 10.1. The van der Waals surface area contributed by atoms with Crippen molar-refractivity contribution in [1.29, 1.82) is 0 Å².